The second-order valence-corrected chi connectivity index (χ2v) is 4.68. The molecule has 2 aromatic heterocycles. The number of nitro groups is 1. The van der Waals surface area contributed by atoms with Crippen molar-refractivity contribution in [2.45, 2.75) is 13.3 Å². The lowest BCUT2D eigenvalue weighted by molar-refractivity contribution is -0.384. The van der Waals surface area contributed by atoms with Gasteiger partial charge in [-0.25, -0.2) is 4.98 Å². The molecular formula is C15H14N4O2. The number of rotatable bonds is 4. The Kier molecular flexibility index (Phi) is 3.27. The number of aromatic amines is 1. The fraction of sp³-hybridized carbons (Fsp3) is 0.133. The normalized spacial score (nSPS) is 10.7. The molecule has 2 heterocycles. The van der Waals surface area contributed by atoms with E-state index in [-0.39, 0.29) is 11.5 Å². The number of hydrogen-bond donors (Lipinski definition) is 2. The van der Waals surface area contributed by atoms with E-state index in [9.17, 15) is 10.1 Å². The first kappa shape index (κ1) is 13.1. The fourth-order valence-electron chi connectivity index (χ4n) is 2.33. The zero-order valence-electron chi connectivity index (χ0n) is 11.5. The van der Waals surface area contributed by atoms with Crippen LogP contribution in [0.25, 0.3) is 10.9 Å². The van der Waals surface area contributed by atoms with E-state index in [1.807, 2.05) is 24.4 Å². The van der Waals surface area contributed by atoms with Gasteiger partial charge in [-0.2, -0.15) is 0 Å². The lowest BCUT2D eigenvalue weighted by atomic mass is 10.1. The predicted molar refractivity (Wildman–Crippen MR) is 81.9 cm³/mol. The Morgan fingerprint density at radius 2 is 2.24 bits per heavy atom. The van der Waals surface area contributed by atoms with Crippen LogP contribution in [0.3, 0.4) is 0 Å². The molecule has 3 rings (SSSR count). The van der Waals surface area contributed by atoms with Gasteiger partial charge >= 0.3 is 5.69 Å². The number of hydrogen-bond acceptors (Lipinski definition) is 4. The van der Waals surface area contributed by atoms with E-state index in [1.54, 1.807) is 6.07 Å². The van der Waals surface area contributed by atoms with Gasteiger partial charge in [0.05, 0.1) is 4.92 Å². The van der Waals surface area contributed by atoms with E-state index in [0.717, 1.165) is 23.0 Å². The van der Waals surface area contributed by atoms with Gasteiger partial charge in [-0.05, 0) is 36.2 Å². The molecule has 0 unspecified atom stereocenters. The van der Waals surface area contributed by atoms with Gasteiger partial charge in [0.15, 0.2) is 0 Å². The number of pyridine rings is 1. The predicted octanol–water partition coefficient (Wildman–Crippen LogP) is 3.78. The number of fused-ring (bicyclic) bond motifs is 1. The molecule has 1 aromatic carbocycles. The minimum Gasteiger partial charge on any atom is -0.361 e. The molecule has 6 nitrogen and oxygen atoms in total. The minimum atomic E-state index is -0.443. The van der Waals surface area contributed by atoms with Crippen LogP contribution in [0.5, 0.6) is 0 Å². The van der Waals surface area contributed by atoms with Crippen molar-refractivity contribution in [3.05, 3.63) is 58.4 Å². The van der Waals surface area contributed by atoms with Crippen LogP contribution in [0.1, 0.15) is 12.5 Å². The third kappa shape index (κ3) is 2.43. The van der Waals surface area contributed by atoms with Crippen molar-refractivity contribution < 1.29 is 4.92 Å². The van der Waals surface area contributed by atoms with Crippen LogP contribution >= 0.6 is 0 Å². The van der Waals surface area contributed by atoms with Crippen molar-refractivity contribution in [3.8, 4) is 0 Å². The average Bonchev–Trinajstić information content (AvgIpc) is 2.90. The van der Waals surface area contributed by atoms with Crippen LogP contribution in [0, 0.1) is 10.1 Å². The second-order valence-electron chi connectivity index (χ2n) is 4.68. The first-order chi connectivity index (χ1) is 10.2. The average molecular weight is 282 g/mol. The van der Waals surface area contributed by atoms with Crippen molar-refractivity contribution in [2.24, 2.45) is 0 Å². The second kappa shape index (κ2) is 5.24. The maximum atomic E-state index is 11.0. The summed E-state index contributed by atoms with van der Waals surface area (Å²) < 4.78 is 0. The minimum absolute atomic E-state index is 0.0395. The van der Waals surface area contributed by atoms with Crippen LogP contribution < -0.4 is 5.32 Å². The van der Waals surface area contributed by atoms with Crippen LogP contribution in [-0.4, -0.2) is 14.9 Å². The molecule has 0 bridgehead atoms. The van der Waals surface area contributed by atoms with Gasteiger partial charge in [0, 0.05) is 35.1 Å². The van der Waals surface area contributed by atoms with E-state index in [0.29, 0.717) is 0 Å². The molecule has 0 radical (unpaired) electrons. The quantitative estimate of drug-likeness (QED) is 0.563. The number of nitrogens with zero attached hydrogens (tertiary/aromatic N) is 2. The molecule has 0 spiro atoms. The molecule has 0 fully saturated rings. The van der Waals surface area contributed by atoms with Gasteiger partial charge in [0.2, 0.25) is 5.82 Å². The highest BCUT2D eigenvalue weighted by molar-refractivity contribution is 5.87. The van der Waals surface area contributed by atoms with E-state index < -0.39 is 4.92 Å². The Morgan fingerprint density at radius 1 is 1.38 bits per heavy atom. The number of aromatic nitrogens is 2. The maximum Gasteiger partial charge on any atom is 0.311 e. The summed E-state index contributed by atoms with van der Waals surface area (Å²) in [7, 11) is 0. The molecule has 0 aliphatic heterocycles. The van der Waals surface area contributed by atoms with E-state index in [4.69, 9.17) is 0 Å². The number of anilines is 2. The van der Waals surface area contributed by atoms with Crippen LogP contribution in [-0.2, 0) is 6.42 Å². The summed E-state index contributed by atoms with van der Waals surface area (Å²) in [5.41, 5.74) is 3.00. The summed E-state index contributed by atoms with van der Waals surface area (Å²) in [5, 5.41) is 15.1. The summed E-state index contributed by atoms with van der Waals surface area (Å²) in [6.45, 7) is 2.09. The summed E-state index contributed by atoms with van der Waals surface area (Å²) in [4.78, 5) is 17.8. The van der Waals surface area contributed by atoms with Crippen molar-refractivity contribution in [1.29, 1.82) is 0 Å². The first-order valence-corrected chi connectivity index (χ1v) is 6.65. The molecule has 0 atom stereocenters. The highest BCUT2D eigenvalue weighted by Gasteiger charge is 2.14. The molecule has 6 heteroatoms. The molecule has 0 amide bonds. The van der Waals surface area contributed by atoms with Crippen LogP contribution in [0.4, 0.5) is 17.2 Å². The highest BCUT2D eigenvalue weighted by atomic mass is 16.6. The largest absolute Gasteiger partial charge is 0.361 e. The van der Waals surface area contributed by atoms with Crippen molar-refractivity contribution in [2.75, 3.05) is 5.32 Å². The van der Waals surface area contributed by atoms with Gasteiger partial charge in [-0.1, -0.05) is 6.92 Å². The Morgan fingerprint density at radius 3 is 3.00 bits per heavy atom. The SMILES string of the molecule is CCc1c[nH]c2ccc(Nc3ncccc3[N+](=O)[O-])cc12. The number of aryl methyl sites for hydroxylation is 1. The van der Waals surface area contributed by atoms with Gasteiger partial charge in [-0.15, -0.1) is 0 Å². The maximum absolute atomic E-state index is 11.0. The monoisotopic (exact) mass is 282 g/mol. The molecule has 21 heavy (non-hydrogen) atoms. The van der Waals surface area contributed by atoms with Crippen molar-refractivity contribution >= 4 is 28.1 Å². The standard InChI is InChI=1S/C15H14N4O2/c1-2-10-9-17-13-6-5-11(8-12(10)13)18-15-14(19(20)21)4-3-7-16-15/h3-9,17H,2H2,1H3,(H,16,18). The zero-order valence-corrected chi connectivity index (χ0v) is 11.5. The van der Waals surface area contributed by atoms with E-state index in [1.165, 1.54) is 17.8 Å². The number of H-pyrrole nitrogens is 1. The van der Waals surface area contributed by atoms with Crippen LogP contribution in [0.15, 0.2) is 42.7 Å². The number of nitrogens with one attached hydrogen (secondary N) is 2. The first-order valence-electron chi connectivity index (χ1n) is 6.65. The van der Waals surface area contributed by atoms with Crippen molar-refractivity contribution in [3.63, 3.8) is 0 Å². The molecule has 0 saturated carbocycles. The Bertz CT molecular complexity index is 810. The zero-order chi connectivity index (χ0) is 14.8. The lowest BCUT2D eigenvalue weighted by Crippen LogP contribution is -1.99. The molecule has 3 aromatic rings. The number of benzene rings is 1. The molecule has 2 N–H and O–H groups in total. The summed E-state index contributed by atoms with van der Waals surface area (Å²) in [5.74, 6) is 0.246. The molecule has 0 saturated heterocycles. The lowest BCUT2D eigenvalue weighted by Gasteiger charge is -2.06. The molecule has 0 aliphatic rings. The molecule has 106 valence electrons. The van der Waals surface area contributed by atoms with E-state index >= 15 is 0 Å². The molecular weight excluding hydrogens is 268 g/mol. The smallest absolute Gasteiger partial charge is 0.311 e. The Hall–Kier alpha value is -2.89. The topological polar surface area (TPSA) is 83.8 Å². The van der Waals surface area contributed by atoms with Gasteiger partial charge in [-0.3, -0.25) is 10.1 Å². The highest BCUT2D eigenvalue weighted by Crippen LogP contribution is 2.28. The van der Waals surface area contributed by atoms with Gasteiger partial charge in [0.25, 0.3) is 0 Å². The van der Waals surface area contributed by atoms with Gasteiger partial charge < -0.3 is 10.3 Å². The summed E-state index contributed by atoms with van der Waals surface area (Å²) >= 11 is 0. The molecule has 0 aliphatic carbocycles. The van der Waals surface area contributed by atoms with Gasteiger partial charge in [0.1, 0.15) is 0 Å². The Labute approximate surface area is 121 Å². The van der Waals surface area contributed by atoms with Crippen LogP contribution in [0.2, 0.25) is 0 Å². The fourth-order valence-corrected chi connectivity index (χ4v) is 2.33. The van der Waals surface area contributed by atoms with E-state index in [2.05, 4.69) is 22.2 Å². The Balaban J connectivity index is 2.00. The summed E-state index contributed by atoms with van der Waals surface area (Å²) in [6.07, 6.45) is 4.44. The third-order valence-corrected chi connectivity index (χ3v) is 3.39. The summed E-state index contributed by atoms with van der Waals surface area (Å²) in [6, 6.07) is 8.78. The third-order valence-electron chi connectivity index (χ3n) is 3.39. The van der Waals surface area contributed by atoms with Crippen molar-refractivity contribution in [1.82, 2.24) is 9.97 Å².